The molecule has 2 unspecified atom stereocenters. The summed E-state index contributed by atoms with van der Waals surface area (Å²) in [5, 5.41) is 10.7. The van der Waals surface area contributed by atoms with Gasteiger partial charge < -0.3 is 9.84 Å². The molecule has 1 heterocycles. The van der Waals surface area contributed by atoms with Crippen molar-refractivity contribution in [3.05, 3.63) is 65.2 Å². The highest BCUT2D eigenvalue weighted by atomic mass is 16.5. The molecule has 1 aliphatic heterocycles. The Bertz CT molecular complexity index is 574. The molecule has 2 aromatic carbocycles. The number of benzene rings is 2. The fraction of sp³-hybridized carbons (Fsp3) is 0.333. The summed E-state index contributed by atoms with van der Waals surface area (Å²) in [5.41, 5.74) is 3.41. The van der Waals surface area contributed by atoms with Gasteiger partial charge in [-0.25, -0.2) is 0 Å². The molecule has 0 amide bonds. The van der Waals surface area contributed by atoms with Crippen LogP contribution in [0.5, 0.6) is 5.75 Å². The molecule has 0 spiro atoms. The molecular weight excluding hydrogens is 248 g/mol. The normalized spacial score (nSPS) is 19.0. The van der Waals surface area contributed by atoms with Crippen LogP contribution < -0.4 is 4.74 Å². The lowest BCUT2D eigenvalue weighted by Crippen LogP contribution is -2.20. The van der Waals surface area contributed by atoms with E-state index in [1.807, 2.05) is 30.3 Å². The fourth-order valence-corrected chi connectivity index (χ4v) is 2.88. The van der Waals surface area contributed by atoms with E-state index in [9.17, 15) is 5.11 Å². The highest BCUT2D eigenvalue weighted by Crippen LogP contribution is 2.41. The van der Waals surface area contributed by atoms with E-state index in [-0.39, 0.29) is 5.92 Å². The number of hydrogen-bond acceptors (Lipinski definition) is 2. The maximum atomic E-state index is 10.7. The van der Waals surface area contributed by atoms with Crippen molar-refractivity contribution in [3.8, 4) is 5.75 Å². The smallest absolute Gasteiger partial charge is 0.122 e. The van der Waals surface area contributed by atoms with Gasteiger partial charge in [-0.15, -0.1) is 0 Å². The summed E-state index contributed by atoms with van der Waals surface area (Å²) in [5.74, 6) is 1.03. The van der Waals surface area contributed by atoms with E-state index in [2.05, 4.69) is 25.1 Å². The van der Waals surface area contributed by atoms with Crippen LogP contribution in [0, 0.1) is 0 Å². The second kappa shape index (κ2) is 5.68. The Balaban J connectivity index is 1.89. The standard InChI is InChI=1S/C18H20O2/c1-2-13-7-9-14(10-8-13)18(19)16-11-12-20-17-6-4-3-5-15(16)17/h3-10,16,18-19H,2,11-12H2,1H3. The molecule has 2 heteroatoms. The molecule has 0 radical (unpaired) electrons. The Morgan fingerprint density at radius 2 is 1.90 bits per heavy atom. The van der Waals surface area contributed by atoms with Crippen LogP contribution in [0.1, 0.15) is 42.1 Å². The lowest BCUT2D eigenvalue weighted by Gasteiger charge is -2.29. The van der Waals surface area contributed by atoms with Crippen LogP contribution in [0.3, 0.4) is 0 Å². The Hall–Kier alpha value is -1.80. The van der Waals surface area contributed by atoms with Crippen LogP contribution in [0.25, 0.3) is 0 Å². The topological polar surface area (TPSA) is 29.5 Å². The van der Waals surface area contributed by atoms with Crippen molar-refractivity contribution in [2.45, 2.75) is 31.8 Å². The summed E-state index contributed by atoms with van der Waals surface area (Å²) in [6.45, 7) is 2.81. The van der Waals surface area contributed by atoms with Gasteiger partial charge in [0.05, 0.1) is 12.7 Å². The van der Waals surface area contributed by atoms with Gasteiger partial charge in [0.15, 0.2) is 0 Å². The molecule has 0 bridgehead atoms. The number of ether oxygens (including phenoxy) is 1. The number of aliphatic hydroxyl groups excluding tert-OH is 1. The number of fused-ring (bicyclic) bond motifs is 1. The second-order valence-electron chi connectivity index (χ2n) is 5.32. The van der Waals surface area contributed by atoms with Crippen molar-refractivity contribution in [2.75, 3.05) is 6.61 Å². The van der Waals surface area contributed by atoms with E-state index in [0.717, 1.165) is 29.7 Å². The zero-order valence-corrected chi connectivity index (χ0v) is 11.8. The van der Waals surface area contributed by atoms with E-state index in [4.69, 9.17) is 4.74 Å². The minimum Gasteiger partial charge on any atom is -0.493 e. The third-order valence-electron chi connectivity index (χ3n) is 4.12. The highest BCUT2D eigenvalue weighted by molar-refractivity contribution is 5.40. The van der Waals surface area contributed by atoms with Crippen molar-refractivity contribution in [3.63, 3.8) is 0 Å². The van der Waals surface area contributed by atoms with Gasteiger partial charge in [-0.05, 0) is 30.0 Å². The van der Waals surface area contributed by atoms with Gasteiger partial charge in [-0.2, -0.15) is 0 Å². The third-order valence-corrected chi connectivity index (χ3v) is 4.12. The predicted octanol–water partition coefficient (Wildman–Crippen LogP) is 3.85. The van der Waals surface area contributed by atoms with Gasteiger partial charge in [0.1, 0.15) is 5.75 Å². The van der Waals surface area contributed by atoms with Gasteiger partial charge in [0.25, 0.3) is 0 Å². The van der Waals surface area contributed by atoms with Crippen LogP contribution in [-0.4, -0.2) is 11.7 Å². The Morgan fingerprint density at radius 1 is 1.15 bits per heavy atom. The molecule has 0 saturated carbocycles. The quantitative estimate of drug-likeness (QED) is 0.916. The monoisotopic (exact) mass is 268 g/mol. The largest absolute Gasteiger partial charge is 0.493 e. The molecule has 0 fully saturated rings. The first kappa shape index (κ1) is 13.2. The summed E-state index contributed by atoms with van der Waals surface area (Å²) >= 11 is 0. The van der Waals surface area contributed by atoms with Gasteiger partial charge in [-0.1, -0.05) is 49.4 Å². The molecule has 0 saturated heterocycles. The maximum Gasteiger partial charge on any atom is 0.122 e. The van der Waals surface area contributed by atoms with Crippen molar-refractivity contribution in [1.29, 1.82) is 0 Å². The molecular formula is C18H20O2. The van der Waals surface area contributed by atoms with Crippen molar-refractivity contribution in [1.82, 2.24) is 0 Å². The molecule has 1 aliphatic rings. The van der Waals surface area contributed by atoms with Crippen LogP contribution in [-0.2, 0) is 6.42 Å². The summed E-state index contributed by atoms with van der Waals surface area (Å²) in [4.78, 5) is 0. The Labute approximate surface area is 120 Å². The molecule has 2 atom stereocenters. The molecule has 104 valence electrons. The van der Waals surface area contributed by atoms with Crippen LogP contribution in [0.4, 0.5) is 0 Å². The molecule has 0 aromatic heterocycles. The first-order valence-electron chi connectivity index (χ1n) is 7.28. The van der Waals surface area contributed by atoms with E-state index in [1.54, 1.807) is 0 Å². The highest BCUT2D eigenvalue weighted by Gasteiger charge is 2.28. The zero-order chi connectivity index (χ0) is 13.9. The average molecular weight is 268 g/mol. The van der Waals surface area contributed by atoms with Crippen molar-refractivity contribution < 1.29 is 9.84 Å². The van der Waals surface area contributed by atoms with Crippen molar-refractivity contribution in [2.24, 2.45) is 0 Å². The van der Waals surface area contributed by atoms with E-state index >= 15 is 0 Å². The summed E-state index contributed by atoms with van der Waals surface area (Å²) in [7, 11) is 0. The minimum atomic E-state index is -0.467. The number of aliphatic hydroxyl groups is 1. The number of hydrogen-bond donors (Lipinski definition) is 1. The van der Waals surface area contributed by atoms with E-state index in [0.29, 0.717) is 6.61 Å². The summed E-state index contributed by atoms with van der Waals surface area (Å²) in [6, 6.07) is 16.3. The SMILES string of the molecule is CCc1ccc(C(O)C2CCOc3ccccc32)cc1. The van der Waals surface area contributed by atoms with Crippen molar-refractivity contribution >= 4 is 0 Å². The molecule has 3 rings (SSSR count). The lowest BCUT2D eigenvalue weighted by atomic mass is 9.85. The van der Waals surface area contributed by atoms with Crippen LogP contribution in [0.15, 0.2) is 48.5 Å². The first-order chi connectivity index (χ1) is 9.79. The van der Waals surface area contributed by atoms with Crippen LogP contribution >= 0.6 is 0 Å². The second-order valence-corrected chi connectivity index (χ2v) is 5.32. The third kappa shape index (κ3) is 2.44. The average Bonchev–Trinajstić information content (AvgIpc) is 2.54. The molecule has 2 aromatic rings. The van der Waals surface area contributed by atoms with Gasteiger partial charge in [-0.3, -0.25) is 0 Å². The fourth-order valence-electron chi connectivity index (χ4n) is 2.88. The van der Waals surface area contributed by atoms with Gasteiger partial charge >= 0.3 is 0 Å². The molecule has 2 nitrogen and oxygen atoms in total. The zero-order valence-electron chi connectivity index (χ0n) is 11.8. The minimum absolute atomic E-state index is 0.118. The van der Waals surface area contributed by atoms with E-state index in [1.165, 1.54) is 5.56 Å². The first-order valence-corrected chi connectivity index (χ1v) is 7.28. The Kier molecular flexibility index (Phi) is 3.75. The van der Waals surface area contributed by atoms with E-state index < -0.39 is 6.10 Å². The summed E-state index contributed by atoms with van der Waals surface area (Å²) < 4.78 is 5.67. The number of para-hydroxylation sites is 1. The van der Waals surface area contributed by atoms with Crippen LogP contribution in [0.2, 0.25) is 0 Å². The number of rotatable bonds is 3. The summed E-state index contributed by atoms with van der Waals surface area (Å²) in [6.07, 6.45) is 1.41. The molecule has 0 aliphatic carbocycles. The van der Waals surface area contributed by atoms with Gasteiger partial charge in [0.2, 0.25) is 0 Å². The van der Waals surface area contributed by atoms with Gasteiger partial charge in [0, 0.05) is 11.5 Å². The lowest BCUT2D eigenvalue weighted by molar-refractivity contribution is 0.117. The Morgan fingerprint density at radius 3 is 2.65 bits per heavy atom. The maximum absolute atomic E-state index is 10.7. The molecule has 20 heavy (non-hydrogen) atoms. The number of aryl methyl sites for hydroxylation is 1. The molecule has 1 N–H and O–H groups in total. The predicted molar refractivity (Wildman–Crippen MR) is 80.1 cm³/mol.